The second-order valence-corrected chi connectivity index (χ2v) is 6.80. The number of benzene rings is 2. The molecule has 0 amide bonds. The first-order chi connectivity index (χ1) is 15.0. The topological polar surface area (TPSA) is 79.9 Å². The van der Waals surface area contributed by atoms with Crippen molar-refractivity contribution in [3.63, 3.8) is 0 Å². The van der Waals surface area contributed by atoms with Crippen LogP contribution in [0.1, 0.15) is 11.1 Å². The lowest BCUT2D eigenvalue weighted by Crippen LogP contribution is -2.37. The summed E-state index contributed by atoms with van der Waals surface area (Å²) in [6, 6.07) is 7.62. The van der Waals surface area contributed by atoms with Gasteiger partial charge in [-0.25, -0.2) is 4.39 Å². The fourth-order valence-corrected chi connectivity index (χ4v) is 3.39. The van der Waals surface area contributed by atoms with E-state index < -0.39 is 6.61 Å². The Labute approximate surface area is 176 Å². The van der Waals surface area contributed by atoms with Gasteiger partial charge >= 0.3 is 6.61 Å². The molecular weight excluding hydrogens is 413 g/mol. The number of nitrogens with one attached hydrogen (secondary N) is 3. The zero-order chi connectivity index (χ0) is 21.8. The van der Waals surface area contributed by atoms with E-state index in [0.717, 1.165) is 16.5 Å². The number of fused-ring (bicyclic) bond motifs is 2. The number of H-pyrrole nitrogens is 1. The van der Waals surface area contributed by atoms with E-state index in [2.05, 4.69) is 25.3 Å². The number of hydrogen-bond acceptors (Lipinski definition) is 4. The smallest absolute Gasteiger partial charge is 0.387 e. The Morgan fingerprint density at radius 2 is 1.97 bits per heavy atom. The fourth-order valence-electron chi connectivity index (χ4n) is 3.39. The van der Waals surface area contributed by atoms with E-state index in [1.54, 1.807) is 19.2 Å². The Morgan fingerprint density at radius 1 is 1.16 bits per heavy atom. The molecule has 10 heteroatoms. The minimum atomic E-state index is -2.96. The largest absolute Gasteiger partial charge is 0.454 e. The summed E-state index contributed by atoms with van der Waals surface area (Å²) in [6.07, 6.45) is 2.53. The molecule has 2 heterocycles. The first-order valence-electron chi connectivity index (χ1n) is 9.61. The second kappa shape index (κ2) is 9.07. The maximum Gasteiger partial charge on any atom is 0.387 e. The van der Waals surface area contributed by atoms with Crippen molar-refractivity contribution in [2.75, 3.05) is 20.4 Å². The van der Waals surface area contributed by atoms with Crippen molar-refractivity contribution in [2.45, 2.75) is 19.6 Å². The second-order valence-electron chi connectivity index (χ2n) is 6.80. The third-order valence-corrected chi connectivity index (χ3v) is 4.86. The molecule has 0 saturated heterocycles. The van der Waals surface area contributed by atoms with Crippen LogP contribution in [-0.4, -0.2) is 37.9 Å². The number of aliphatic imine (C=N–C) groups is 1. The number of rotatable bonds is 7. The Bertz CT molecular complexity index is 1100. The molecule has 0 saturated carbocycles. The molecule has 1 aromatic heterocycles. The molecule has 0 aliphatic carbocycles. The Balaban J connectivity index is 1.36. The summed E-state index contributed by atoms with van der Waals surface area (Å²) < 4.78 is 54.0. The number of aromatic nitrogens is 1. The van der Waals surface area contributed by atoms with Crippen LogP contribution in [0.5, 0.6) is 17.2 Å². The minimum Gasteiger partial charge on any atom is -0.454 e. The molecule has 2 aromatic carbocycles. The third-order valence-electron chi connectivity index (χ3n) is 4.86. The highest BCUT2D eigenvalue weighted by Gasteiger charge is 2.20. The van der Waals surface area contributed by atoms with Gasteiger partial charge in [-0.1, -0.05) is 0 Å². The van der Waals surface area contributed by atoms with E-state index in [-0.39, 0.29) is 24.9 Å². The van der Waals surface area contributed by atoms with E-state index in [0.29, 0.717) is 36.0 Å². The van der Waals surface area contributed by atoms with E-state index in [9.17, 15) is 13.2 Å². The van der Waals surface area contributed by atoms with Crippen LogP contribution in [0.2, 0.25) is 0 Å². The van der Waals surface area contributed by atoms with E-state index >= 15 is 0 Å². The van der Waals surface area contributed by atoms with Crippen LogP contribution in [0.25, 0.3) is 10.9 Å². The SMILES string of the molecule is CN=C(NCCc1c[nH]c2cc(F)ccc12)NCc1cc2c(cc1OC(F)F)OCO2. The van der Waals surface area contributed by atoms with Gasteiger partial charge in [0.25, 0.3) is 0 Å². The molecule has 0 spiro atoms. The summed E-state index contributed by atoms with van der Waals surface area (Å²) >= 11 is 0. The molecule has 1 aliphatic heterocycles. The number of nitrogens with zero attached hydrogens (tertiary/aromatic N) is 1. The molecule has 0 unspecified atom stereocenters. The van der Waals surface area contributed by atoms with Gasteiger partial charge in [-0.05, 0) is 36.2 Å². The van der Waals surface area contributed by atoms with Crippen molar-refractivity contribution in [2.24, 2.45) is 4.99 Å². The highest BCUT2D eigenvalue weighted by Crippen LogP contribution is 2.38. The molecule has 3 aromatic rings. The average molecular weight is 434 g/mol. The first-order valence-corrected chi connectivity index (χ1v) is 9.61. The molecule has 1 aliphatic rings. The summed E-state index contributed by atoms with van der Waals surface area (Å²) in [5, 5.41) is 7.21. The Hall–Kier alpha value is -3.56. The highest BCUT2D eigenvalue weighted by atomic mass is 19.3. The van der Waals surface area contributed by atoms with E-state index in [1.807, 2.05) is 6.20 Å². The molecule has 3 N–H and O–H groups in total. The standard InChI is InChI=1S/C21H21F3N4O3/c1-25-21(26-5-4-12-9-27-16-7-14(22)2-3-15(12)16)28-10-13-6-18-19(30-11-29-18)8-17(13)31-20(23)24/h2-3,6-9,20,27H,4-5,10-11H2,1H3,(H2,25,26,28). The number of hydrogen-bond donors (Lipinski definition) is 3. The van der Waals surface area contributed by atoms with Gasteiger partial charge in [-0.2, -0.15) is 8.78 Å². The van der Waals surface area contributed by atoms with Crippen LogP contribution >= 0.6 is 0 Å². The van der Waals surface area contributed by atoms with Gasteiger partial charge in [-0.15, -0.1) is 0 Å². The number of halogens is 3. The van der Waals surface area contributed by atoms with Crippen molar-refractivity contribution >= 4 is 16.9 Å². The molecular formula is C21H21F3N4O3. The van der Waals surface area contributed by atoms with Gasteiger partial charge in [0.2, 0.25) is 6.79 Å². The Morgan fingerprint density at radius 3 is 2.74 bits per heavy atom. The third kappa shape index (κ3) is 4.79. The van der Waals surface area contributed by atoms with Crippen LogP contribution in [0.15, 0.2) is 41.5 Å². The number of guanidine groups is 1. The molecule has 31 heavy (non-hydrogen) atoms. The van der Waals surface area contributed by atoms with Gasteiger partial charge in [0.1, 0.15) is 11.6 Å². The van der Waals surface area contributed by atoms with Crippen LogP contribution in [0.4, 0.5) is 13.2 Å². The summed E-state index contributed by atoms with van der Waals surface area (Å²) in [7, 11) is 1.61. The van der Waals surface area contributed by atoms with Gasteiger partial charge in [0, 0.05) is 48.9 Å². The van der Waals surface area contributed by atoms with E-state index in [4.69, 9.17) is 9.47 Å². The lowest BCUT2D eigenvalue weighted by Gasteiger charge is -2.15. The predicted octanol–water partition coefficient (Wildman–Crippen LogP) is 3.54. The molecule has 0 atom stereocenters. The predicted molar refractivity (Wildman–Crippen MR) is 109 cm³/mol. The van der Waals surface area contributed by atoms with Crippen LogP contribution in [-0.2, 0) is 13.0 Å². The number of ether oxygens (including phenoxy) is 3. The number of alkyl halides is 2. The molecule has 7 nitrogen and oxygen atoms in total. The van der Waals surface area contributed by atoms with Crippen molar-refractivity contribution in [3.05, 3.63) is 53.5 Å². The zero-order valence-electron chi connectivity index (χ0n) is 16.7. The maximum absolute atomic E-state index is 13.3. The summed E-state index contributed by atoms with van der Waals surface area (Å²) in [5.41, 5.74) is 2.26. The maximum atomic E-state index is 13.3. The monoisotopic (exact) mass is 434 g/mol. The van der Waals surface area contributed by atoms with Crippen molar-refractivity contribution < 1.29 is 27.4 Å². The van der Waals surface area contributed by atoms with Crippen LogP contribution in [0.3, 0.4) is 0 Å². The van der Waals surface area contributed by atoms with E-state index in [1.165, 1.54) is 18.2 Å². The quantitative estimate of drug-likeness (QED) is 0.392. The average Bonchev–Trinajstić information content (AvgIpc) is 3.36. The molecule has 0 radical (unpaired) electrons. The molecule has 164 valence electrons. The van der Waals surface area contributed by atoms with Gasteiger partial charge in [0.05, 0.1) is 0 Å². The Kier molecular flexibility index (Phi) is 6.06. The van der Waals surface area contributed by atoms with Crippen LogP contribution in [0, 0.1) is 5.82 Å². The summed E-state index contributed by atoms with van der Waals surface area (Å²) in [4.78, 5) is 7.21. The number of aromatic amines is 1. The van der Waals surface area contributed by atoms with Crippen LogP contribution < -0.4 is 24.8 Å². The molecule has 0 bridgehead atoms. The van der Waals surface area contributed by atoms with Gasteiger partial charge in [-0.3, -0.25) is 4.99 Å². The van der Waals surface area contributed by atoms with Crippen molar-refractivity contribution in [3.8, 4) is 17.2 Å². The lowest BCUT2D eigenvalue weighted by atomic mass is 10.1. The first kappa shape index (κ1) is 20.7. The normalized spacial score (nSPS) is 13.1. The van der Waals surface area contributed by atoms with Crippen molar-refractivity contribution in [1.82, 2.24) is 15.6 Å². The minimum absolute atomic E-state index is 0.00762. The fraction of sp³-hybridized carbons (Fsp3) is 0.286. The molecule has 0 fully saturated rings. The van der Waals surface area contributed by atoms with Crippen molar-refractivity contribution in [1.29, 1.82) is 0 Å². The van der Waals surface area contributed by atoms with Gasteiger partial charge in [0.15, 0.2) is 17.5 Å². The summed E-state index contributed by atoms with van der Waals surface area (Å²) in [6.45, 7) is -2.18. The molecule has 4 rings (SSSR count). The zero-order valence-corrected chi connectivity index (χ0v) is 16.7. The lowest BCUT2D eigenvalue weighted by molar-refractivity contribution is -0.0505. The highest BCUT2D eigenvalue weighted by molar-refractivity contribution is 5.83. The summed E-state index contributed by atoms with van der Waals surface area (Å²) in [5.74, 6) is 1.04. The van der Waals surface area contributed by atoms with Gasteiger partial charge < -0.3 is 29.8 Å².